The molecule has 10 heteroatoms. The third-order valence-corrected chi connectivity index (χ3v) is 5.41. The van der Waals surface area contributed by atoms with Gasteiger partial charge in [-0.3, -0.25) is 4.79 Å². The van der Waals surface area contributed by atoms with Crippen molar-refractivity contribution in [3.8, 4) is 17.4 Å². The van der Waals surface area contributed by atoms with Gasteiger partial charge in [0.1, 0.15) is 18.2 Å². The molecule has 0 aliphatic rings. The van der Waals surface area contributed by atoms with Gasteiger partial charge in [-0.2, -0.15) is 9.78 Å². The summed E-state index contributed by atoms with van der Waals surface area (Å²) in [5.41, 5.74) is 4.82. The van der Waals surface area contributed by atoms with Gasteiger partial charge in [-0.1, -0.05) is 11.2 Å². The summed E-state index contributed by atoms with van der Waals surface area (Å²) in [5, 5.41) is 11.2. The zero-order chi connectivity index (χ0) is 25.8. The minimum absolute atomic E-state index is 0.312. The van der Waals surface area contributed by atoms with Crippen molar-refractivity contribution in [2.45, 2.75) is 41.2 Å². The summed E-state index contributed by atoms with van der Waals surface area (Å²) in [7, 11) is 1.57. The van der Waals surface area contributed by atoms with Crippen molar-refractivity contribution < 1.29 is 18.8 Å². The highest BCUT2D eigenvalue weighted by atomic mass is 16.5. The summed E-state index contributed by atoms with van der Waals surface area (Å²) in [5.74, 6) is 2.40. The second kappa shape index (κ2) is 10.4. The smallest absolute Gasteiger partial charge is 0.252 e. The molecular weight excluding hydrogens is 460 g/mol. The van der Waals surface area contributed by atoms with E-state index in [0.717, 1.165) is 39.7 Å². The third-order valence-electron chi connectivity index (χ3n) is 5.41. The second-order valence-electron chi connectivity index (χ2n) is 8.36. The molecular formula is C26H28N6O4. The molecule has 0 aliphatic carbocycles. The van der Waals surface area contributed by atoms with Gasteiger partial charge in [0.05, 0.1) is 24.1 Å². The molecule has 0 bridgehead atoms. The minimum atomic E-state index is -0.321. The Bertz CT molecular complexity index is 1400. The number of aromatic nitrogens is 5. The lowest BCUT2D eigenvalue weighted by molar-refractivity contribution is -0.111. The van der Waals surface area contributed by atoms with Gasteiger partial charge >= 0.3 is 0 Å². The fourth-order valence-corrected chi connectivity index (χ4v) is 3.65. The number of carbonyl (C=O) groups excluding carboxylic acids is 1. The molecule has 0 aliphatic heterocycles. The lowest BCUT2D eigenvalue weighted by atomic mass is 10.2. The van der Waals surface area contributed by atoms with Crippen molar-refractivity contribution in [3.63, 3.8) is 0 Å². The number of rotatable bonds is 8. The molecule has 4 aromatic rings. The fraction of sp³-hybridized carbons (Fsp3) is 0.269. The topological polar surface area (TPSA) is 117 Å². The highest BCUT2D eigenvalue weighted by Crippen LogP contribution is 2.30. The summed E-state index contributed by atoms with van der Waals surface area (Å²) >= 11 is 0. The van der Waals surface area contributed by atoms with Crippen LogP contribution in [0, 0.1) is 34.6 Å². The molecule has 0 saturated carbocycles. The zero-order valence-corrected chi connectivity index (χ0v) is 21.1. The molecule has 0 unspecified atom stereocenters. The average molecular weight is 489 g/mol. The van der Waals surface area contributed by atoms with Gasteiger partial charge in [0.25, 0.3) is 5.95 Å². The molecule has 1 aromatic carbocycles. The molecule has 0 atom stereocenters. The Balaban J connectivity index is 1.46. The molecule has 0 radical (unpaired) electrons. The lowest BCUT2D eigenvalue weighted by Crippen LogP contribution is -2.14. The monoisotopic (exact) mass is 488 g/mol. The third kappa shape index (κ3) is 5.60. The van der Waals surface area contributed by atoms with Gasteiger partial charge in [0.15, 0.2) is 11.5 Å². The van der Waals surface area contributed by atoms with Gasteiger partial charge in [0.2, 0.25) is 5.91 Å². The van der Waals surface area contributed by atoms with Crippen LogP contribution >= 0.6 is 0 Å². The molecule has 186 valence electrons. The molecule has 0 spiro atoms. The van der Waals surface area contributed by atoms with E-state index in [2.05, 4.69) is 25.5 Å². The van der Waals surface area contributed by atoms with E-state index < -0.39 is 0 Å². The number of benzene rings is 1. The summed E-state index contributed by atoms with van der Waals surface area (Å²) in [4.78, 5) is 21.5. The molecule has 1 amide bonds. The first kappa shape index (κ1) is 24.6. The highest BCUT2D eigenvalue weighted by Gasteiger charge is 2.14. The van der Waals surface area contributed by atoms with Gasteiger partial charge in [-0.25, -0.2) is 9.97 Å². The van der Waals surface area contributed by atoms with Gasteiger partial charge in [-0.05, 0) is 64.5 Å². The van der Waals surface area contributed by atoms with Crippen molar-refractivity contribution in [3.05, 3.63) is 76.1 Å². The molecule has 4 rings (SSSR count). The van der Waals surface area contributed by atoms with E-state index in [9.17, 15) is 4.79 Å². The maximum atomic E-state index is 12.7. The maximum absolute atomic E-state index is 12.7. The standard InChI is InChI=1S/C26H28N6O4/c1-15-11-16(2)28-26(27-15)32-24(12-17(3)30-32)29-25(33)10-8-20-7-9-22(23(13-20)34-6)35-14-21-18(4)31-36-19(21)5/h7-13H,14H2,1-6H3,(H,29,33)/b10-8+. The van der Waals surface area contributed by atoms with Crippen molar-refractivity contribution in [1.82, 2.24) is 24.9 Å². The van der Waals surface area contributed by atoms with Crippen LogP contribution in [0.1, 0.15) is 39.7 Å². The van der Waals surface area contributed by atoms with E-state index in [1.807, 2.05) is 46.8 Å². The van der Waals surface area contributed by atoms with Crippen LogP contribution in [0.2, 0.25) is 0 Å². The van der Waals surface area contributed by atoms with Crippen LogP contribution in [-0.4, -0.2) is 37.9 Å². The molecule has 1 N–H and O–H groups in total. The summed E-state index contributed by atoms with van der Waals surface area (Å²) < 4.78 is 18.1. The fourth-order valence-electron chi connectivity index (χ4n) is 3.65. The van der Waals surface area contributed by atoms with Gasteiger partial charge < -0.3 is 19.3 Å². The van der Waals surface area contributed by atoms with Crippen LogP contribution in [0.3, 0.4) is 0 Å². The molecule has 0 saturated heterocycles. The predicted octanol–water partition coefficient (Wildman–Crippen LogP) is 4.43. The first-order valence-corrected chi connectivity index (χ1v) is 11.3. The zero-order valence-electron chi connectivity index (χ0n) is 21.1. The van der Waals surface area contributed by atoms with Crippen molar-refractivity contribution >= 4 is 17.8 Å². The summed E-state index contributed by atoms with van der Waals surface area (Å²) in [6.45, 7) is 9.64. The van der Waals surface area contributed by atoms with Crippen LogP contribution in [-0.2, 0) is 11.4 Å². The Kier molecular flexibility index (Phi) is 7.14. The number of anilines is 1. The number of carbonyl (C=O) groups is 1. The van der Waals surface area contributed by atoms with Gasteiger partial charge in [0, 0.05) is 23.5 Å². The average Bonchev–Trinajstić information content (AvgIpc) is 3.36. The predicted molar refractivity (Wildman–Crippen MR) is 134 cm³/mol. The summed E-state index contributed by atoms with van der Waals surface area (Å²) in [6.07, 6.45) is 3.13. The quantitative estimate of drug-likeness (QED) is 0.362. The lowest BCUT2D eigenvalue weighted by Gasteiger charge is -2.11. The van der Waals surface area contributed by atoms with Crippen LogP contribution in [0.4, 0.5) is 5.82 Å². The number of hydrogen-bond donors (Lipinski definition) is 1. The number of amides is 1. The van der Waals surface area contributed by atoms with E-state index >= 15 is 0 Å². The Hall–Kier alpha value is -4.47. The molecule has 3 aromatic heterocycles. The van der Waals surface area contributed by atoms with Crippen LogP contribution in [0.15, 0.2) is 40.9 Å². The Morgan fingerprint density at radius 1 is 1.03 bits per heavy atom. The van der Waals surface area contributed by atoms with Crippen molar-refractivity contribution in [2.24, 2.45) is 0 Å². The number of nitrogens with zero attached hydrogens (tertiary/aromatic N) is 5. The largest absolute Gasteiger partial charge is 0.493 e. The Morgan fingerprint density at radius 3 is 2.44 bits per heavy atom. The van der Waals surface area contributed by atoms with Crippen LogP contribution < -0.4 is 14.8 Å². The first-order chi connectivity index (χ1) is 17.2. The molecule has 10 nitrogen and oxygen atoms in total. The normalized spacial score (nSPS) is 11.2. The van der Waals surface area contributed by atoms with E-state index in [1.54, 1.807) is 31.4 Å². The second-order valence-corrected chi connectivity index (χ2v) is 8.36. The highest BCUT2D eigenvalue weighted by molar-refractivity contribution is 6.01. The van der Waals surface area contributed by atoms with Crippen LogP contribution in [0.25, 0.3) is 12.0 Å². The number of aryl methyl sites for hydroxylation is 5. The number of ether oxygens (including phenoxy) is 2. The first-order valence-electron chi connectivity index (χ1n) is 11.3. The number of nitrogens with one attached hydrogen (secondary N) is 1. The SMILES string of the molecule is COc1cc(/C=C/C(=O)Nc2cc(C)nn2-c2nc(C)cc(C)n2)ccc1OCc1c(C)noc1C. The van der Waals surface area contributed by atoms with Crippen molar-refractivity contribution in [1.29, 1.82) is 0 Å². The van der Waals surface area contributed by atoms with E-state index in [-0.39, 0.29) is 5.91 Å². The molecule has 0 fully saturated rings. The van der Waals surface area contributed by atoms with Crippen LogP contribution in [0.5, 0.6) is 11.5 Å². The molecule has 36 heavy (non-hydrogen) atoms. The summed E-state index contributed by atoms with van der Waals surface area (Å²) in [6, 6.07) is 9.07. The van der Waals surface area contributed by atoms with E-state index in [4.69, 9.17) is 14.0 Å². The Labute approximate surface area is 209 Å². The molecule has 3 heterocycles. The number of hydrogen-bond acceptors (Lipinski definition) is 8. The maximum Gasteiger partial charge on any atom is 0.252 e. The number of methoxy groups -OCH3 is 1. The van der Waals surface area contributed by atoms with Crippen molar-refractivity contribution in [2.75, 3.05) is 12.4 Å². The minimum Gasteiger partial charge on any atom is -0.493 e. The van der Waals surface area contributed by atoms with E-state index in [1.165, 1.54) is 10.8 Å². The Morgan fingerprint density at radius 2 is 1.78 bits per heavy atom. The van der Waals surface area contributed by atoms with Gasteiger partial charge in [-0.15, -0.1) is 0 Å². The van der Waals surface area contributed by atoms with E-state index in [0.29, 0.717) is 29.9 Å².